The van der Waals surface area contributed by atoms with Crippen LogP contribution in [0.2, 0.25) is 5.15 Å². The van der Waals surface area contributed by atoms with Gasteiger partial charge in [-0.2, -0.15) is 0 Å². The first-order valence-corrected chi connectivity index (χ1v) is 8.35. The van der Waals surface area contributed by atoms with Gasteiger partial charge in [-0.1, -0.05) is 18.5 Å². The summed E-state index contributed by atoms with van der Waals surface area (Å²) in [6.45, 7) is 12.2. The lowest BCUT2D eigenvalue weighted by Crippen LogP contribution is -2.50. The van der Waals surface area contributed by atoms with E-state index in [1.54, 1.807) is 4.90 Å². The highest BCUT2D eigenvalue weighted by molar-refractivity contribution is 6.30. The first-order valence-electron chi connectivity index (χ1n) is 7.97. The Kier molecular flexibility index (Phi) is 5.34. The molecule has 1 aromatic heterocycles. The van der Waals surface area contributed by atoms with Gasteiger partial charge >= 0.3 is 6.09 Å². The number of aromatic nitrogens is 2. The fourth-order valence-electron chi connectivity index (χ4n) is 2.41. The van der Waals surface area contributed by atoms with E-state index in [4.69, 9.17) is 16.3 Å². The molecule has 0 unspecified atom stereocenters. The number of piperazine rings is 1. The molecule has 0 N–H and O–H groups in total. The van der Waals surface area contributed by atoms with Crippen molar-refractivity contribution in [2.24, 2.45) is 0 Å². The van der Waals surface area contributed by atoms with Gasteiger partial charge < -0.3 is 14.5 Å². The number of carbonyl (C=O) groups excluding carboxylic acids is 1. The van der Waals surface area contributed by atoms with Gasteiger partial charge in [0.1, 0.15) is 22.4 Å². The van der Waals surface area contributed by atoms with Gasteiger partial charge in [0.2, 0.25) is 0 Å². The minimum absolute atomic E-state index is 0.260. The molecule has 0 saturated carbocycles. The second-order valence-corrected chi connectivity index (χ2v) is 7.05. The summed E-state index contributed by atoms with van der Waals surface area (Å²) in [4.78, 5) is 24.9. The number of hydrogen-bond acceptors (Lipinski definition) is 5. The molecule has 1 aliphatic rings. The van der Waals surface area contributed by atoms with Crippen molar-refractivity contribution in [1.29, 1.82) is 0 Å². The van der Waals surface area contributed by atoms with Crippen LogP contribution in [0, 0.1) is 6.92 Å². The topological polar surface area (TPSA) is 58.6 Å². The maximum atomic E-state index is 12.1. The van der Waals surface area contributed by atoms with E-state index in [2.05, 4.69) is 14.9 Å². The molecule has 6 nitrogen and oxygen atoms in total. The SMILES string of the molecule is CCc1nc(Cl)c(C)c(N2CCN(C(=O)OC(C)(C)C)CC2)n1. The van der Waals surface area contributed by atoms with Crippen molar-refractivity contribution >= 4 is 23.5 Å². The predicted molar refractivity (Wildman–Crippen MR) is 91.2 cm³/mol. The second-order valence-electron chi connectivity index (χ2n) is 6.69. The molecule has 2 rings (SSSR count). The first-order chi connectivity index (χ1) is 10.7. The number of hydrogen-bond donors (Lipinski definition) is 0. The zero-order chi connectivity index (χ0) is 17.2. The first kappa shape index (κ1) is 17.8. The Morgan fingerprint density at radius 1 is 1.22 bits per heavy atom. The van der Waals surface area contributed by atoms with Gasteiger partial charge in [-0.15, -0.1) is 0 Å². The van der Waals surface area contributed by atoms with Crippen molar-refractivity contribution < 1.29 is 9.53 Å². The number of anilines is 1. The number of rotatable bonds is 2. The zero-order valence-corrected chi connectivity index (χ0v) is 15.3. The Labute approximate surface area is 142 Å². The van der Waals surface area contributed by atoms with Gasteiger partial charge in [0, 0.05) is 38.2 Å². The van der Waals surface area contributed by atoms with Crippen LogP contribution in [-0.4, -0.2) is 52.7 Å². The van der Waals surface area contributed by atoms with E-state index in [1.807, 2.05) is 34.6 Å². The molecule has 128 valence electrons. The van der Waals surface area contributed by atoms with Crippen LogP contribution >= 0.6 is 11.6 Å². The average Bonchev–Trinajstić information content (AvgIpc) is 2.48. The molecule has 1 aromatic rings. The van der Waals surface area contributed by atoms with Crippen LogP contribution in [-0.2, 0) is 11.2 Å². The Balaban J connectivity index is 2.05. The van der Waals surface area contributed by atoms with Crippen LogP contribution in [0.15, 0.2) is 0 Å². The molecule has 7 heteroatoms. The summed E-state index contributed by atoms with van der Waals surface area (Å²) in [5.74, 6) is 1.61. The standard InChI is InChI=1S/C16H25ClN4O2/c1-6-12-18-13(17)11(2)14(19-12)20-7-9-21(10-8-20)15(22)23-16(3,4)5/h6-10H2,1-5H3. The Hall–Kier alpha value is -1.56. The van der Waals surface area contributed by atoms with E-state index in [0.717, 1.165) is 23.6 Å². The fourth-order valence-corrected chi connectivity index (χ4v) is 2.60. The van der Waals surface area contributed by atoms with E-state index in [1.165, 1.54) is 0 Å². The largest absolute Gasteiger partial charge is 0.444 e. The minimum Gasteiger partial charge on any atom is -0.444 e. The van der Waals surface area contributed by atoms with Crippen LogP contribution in [0.1, 0.15) is 39.1 Å². The highest BCUT2D eigenvalue weighted by atomic mass is 35.5. The molecule has 1 fully saturated rings. The van der Waals surface area contributed by atoms with Crippen LogP contribution in [0.25, 0.3) is 0 Å². The van der Waals surface area contributed by atoms with E-state index in [9.17, 15) is 4.79 Å². The number of ether oxygens (including phenoxy) is 1. The van der Waals surface area contributed by atoms with Crippen molar-refractivity contribution in [2.45, 2.75) is 46.6 Å². The van der Waals surface area contributed by atoms with Crippen molar-refractivity contribution in [1.82, 2.24) is 14.9 Å². The number of halogens is 1. The third-order valence-electron chi connectivity index (χ3n) is 3.65. The highest BCUT2D eigenvalue weighted by Gasteiger charge is 2.27. The highest BCUT2D eigenvalue weighted by Crippen LogP contribution is 2.25. The van der Waals surface area contributed by atoms with Crippen LogP contribution in [0.5, 0.6) is 0 Å². The summed E-state index contributed by atoms with van der Waals surface area (Å²) in [5.41, 5.74) is 0.413. The summed E-state index contributed by atoms with van der Waals surface area (Å²) >= 11 is 6.21. The summed E-state index contributed by atoms with van der Waals surface area (Å²) in [6, 6.07) is 0. The molecule has 0 aromatic carbocycles. The molecular formula is C16H25ClN4O2. The van der Waals surface area contributed by atoms with E-state index in [0.29, 0.717) is 31.3 Å². The predicted octanol–water partition coefficient (Wildman–Crippen LogP) is 3.06. The molecule has 1 saturated heterocycles. The lowest BCUT2D eigenvalue weighted by atomic mass is 10.2. The number of aryl methyl sites for hydroxylation is 1. The summed E-state index contributed by atoms with van der Waals surface area (Å²) in [7, 11) is 0. The van der Waals surface area contributed by atoms with Gasteiger partial charge in [-0.25, -0.2) is 14.8 Å². The number of carbonyl (C=O) groups is 1. The zero-order valence-electron chi connectivity index (χ0n) is 14.5. The quantitative estimate of drug-likeness (QED) is 0.774. The van der Waals surface area contributed by atoms with Gasteiger partial charge in [-0.05, 0) is 27.7 Å². The molecular weight excluding hydrogens is 316 g/mol. The number of nitrogens with zero attached hydrogens (tertiary/aromatic N) is 4. The molecule has 0 spiro atoms. The van der Waals surface area contributed by atoms with Crippen LogP contribution in [0.4, 0.5) is 10.6 Å². The Morgan fingerprint density at radius 2 is 1.83 bits per heavy atom. The number of amides is 1. The molecule has 0 atom stereocenters. The van der Waals surface area contributed by atoms with E-state index in [-0.39, 0.29) is 6.09 Å². The van der Waals surface area contributed by atoms with Gasteiger partial charge in [0.25, 0.3) is 0 Å². The smallest absolute Gasteiger partial charge is 0.410 e. The molecule has 23 heavy (non-hydrogen) atoms. The normalized spacial score (nSPS) is 15.7. The second kappa shape index (κ2) is 6.91. The molecule has 2 heterocycles. The maximum Gasteiger partial charge on any atom is 0.410 e. The molecule has 0 radical (unpaired) electrons. The molecule has 0 aliphatic carbocycles. The van der Waals surface area contributed by atoms with Crippen molar-refractivity contribution in [3.8, 4) is 0 Å². The average molecular weight is 341 g/mol. The van der Waals surface area contributed by atoms with E-state index >= 15 is 0 Å². The third kappa shape index (κ3) is 4.47. The van der Waals surface area contributed by atoms with Gasteiger partial charge in [-0.3, -0.25) is 0 Å². The van der Waals surface area contributed by atoms with E-state index < -0.39 is 5.60 Å². The summed E-state index contributed by atoms with van der Waals surface area (Å²) in [5, 5.41) is 0.501. The molecule has 1 amide bonds. The van der Waals surface area contributed by atoms with Crippen molar-refractivity contribution in [3.63, 3.8) is 0 Å². The lowest BCUT2D eigenvalue weighted by molar-refractivity contribution is 0.0240. The van der Waals surface area contributed by atoms with Gasteiger partial charge in [0.05, 0.1) is 0 Å². The lowest BCUT2D eigenvalue weighted by Gasteiger charge is -2.36. The molecule has 0 bridgehead atoms. The van der Waals surface area contributed by atoms with Crippen LogP contribution < -0.4 is 4.90 Å². The van der Waals surface area contributed by atoms with Crippen LogP contribution in [0.3, 0.4) is 0 Å². The third-order valence-corrected chi connectivity index (χ3v) is 4.02. The monoisotopic (exact) mass is 340 g/mol. The van der Waals surface area contributed by atoms with Gasteiger partial charge in [0.15, 0.2) is 0 Å². The minimum atomic E-state index is -0.471. The Bertz CT molecular complexity index is 578. The Morgan fingerprint density at radius 3 is 2.35 bits per heavy atom. The summed E-state index contributed by atoms with van der Waals surface area (Å²) < 4.78 is 5.42. The molecule has 1 aliphatic heterocycles. The maximum absolute atomic E-state index is 12.1. The van der Waals surface area contributed by atoms with Crippen molar-refractivity contribution in [2.75, 3.05) is 31.1 Å². The van der Waals surface area contributed by atoms with Crippen molar-refractivity contribution in [3.05, 3.63) is 16.5 Å². The summed E-state index contributed by atoms with van der Waals surface area (Å²) in [6.07, 6.45) is 0.481. The fraction of sp³-hybridized carbons (Fsp3) is 0.688.